The zero-order chi connectivity index (χ0) is 26.0. The quantitative estimate of drug-likeness (QED) is 0.328. The first-order valence-electron chi connectivity index (χ1n) is 10.7. The minimum absolute atomic E-state index is 0.0927. The van der Waals surface area contributed by atoms with Crippen molar-refractivity contribution in [2.75, 3.05) is 5.32 Å². The number of benzene rings is 1. The van der Waals surface area contributed by atoms with Gasteiger partial charge in [0.2, 0.25) is 5.88 Å². The molecular weight excluding hydrogens is 513 g/mol. The van der Waals surface area contributed by atoms with Gasteiger partial charge in [-0.15, -0.1) is 10.2 Å². The first-order valence-corrected chi connectivity index (χ1v) is 11.1. The Morgan fingerprint density at radius 3 is 2.57 bits per heavy atom. The van der Waals surface area contributed by atoms with Crippen LogP contribution in [0, 0.1) is 0 Å². The summed E-state index contributed by atoms with van der Waals surface area (Å²) < 4.78 is 47.6. The standard InChI is InChI=1S/C22H16ClF3N10O/c1-12(33-20-14-7-13(23)8-15(22(24,25)26)19(14)29-10-30-20)21-31-11-32-36(21)17-3-4-18(35-34-17)37-9-16-27-5-2-6-28-16/h2-8,10-12H,9H2,1H3,(H,29,30,33)/t12-/m0/s1. The van der Waals surface area contributed by atoms with Crippen molar-refractivity contribution < 1.29 is 17.9 Å². The predicted octanol–water partition coefficient (Wildman–Crippen LogP) is 4.21. The molecule has 15 heteroatoms. The molecule has 1 N–H and O–H groups in total. The fourth-order valence-corrected chi connectivity index (χ4v) is 3.72. The Balaban J connectivity index is 1.37. The Morgan fingerprint density at radius 2 is 1.84 bits per heavy atom. The number of fused-ring (bicyclic) bond motifs is 1. The molecule has 4 aromatic heterocycles. The fourth-order valence-electron chi connectivity index (χ4n) is 3.50. The molecule has 0 aliphatic carbocycles. The van der Waals surface area contributed by atoms with Gasteiger partial charge in [0.25, 0.3) is 0 Å². The van der Waals surface area contributed by atoms with Gasteiger partial charge in [-0.3, -0.25) is 0 Å². The Bertz CT molecular complexity index is 1530. The van der Waals surface area contributed by atoms with E-state index >= 15 is 0 Å². The smallest absolute Gasteiger partial charge is 0.418 e. The molecule has 4 heterocycles. The first-order chi connectivity index (χ1) is 17.8. The number of rotatable bonds is 7. The second-order valence-electron chi connectivity index (χ2n) is 7.65. The van der Waals surface area contributed by atoms with Crippen LogP contribution in [0.1, 0.15) is 30.2 Å². The molecule has 0 fully saturated rings. The van der Waals surface area contributed by atoms with Gasteiger partial charge in [0.15, 0.2) is 17.5 Å². The molecule has 1 atom stereocenters. The van der Waals surface area contributed by atoms with Crippen molar-refractivity contribution in [3.05, 3.63) is 77.6 Å². The van der Waals surface area contributed by atoms with Gasteiger partial charge >= 0.3 is 6.18 Å². The first kappa shape index (κ1) is 24.2. The molecule has 0 spiro atoms. The van der Waals surface area contributed by atoms with E-state index in [0.717, 1.165) is 12.4 Å². The molecule has 0 amide bonds. The Labute approximate surface area is 211 Å². The molecular formula is C22H16ClF3N10O. The number of anilines is 1. The summed E-state index contributed by atoms with van der Waals surface area (Å²) in [5.74, 6) is 1.66. The largest absolute Gasteiger partial charge is 0.468 e. The van der Waals surface area contributed by atoms with Crippen LogP contribution in [0.5, 0.6) is 5.88 Å². The SMILES string of the molecule is C[C@H](Nc1ncnc2c(C(F)(F)F)cc(Cl)cc12)c1ncnn1-c1ccc(OCc2ncccn2)nn1. The molecule has 37 heavy (non-hydrogen) atoms. The monoisotopic (exact) mass is 528 g/mol. The van der Waals surface area contributed by atoms with Crippen molar-refractivity contribution in [1.82, 2.24) is 44.9 Å². The van der Waals surface area contributed by atoms with Gasteiger partial charge in [-0.1, -0.05) is 11.6 Å². The molecule has 1 aromatic carbocycles. The number of aromatic nitrogens is 9. The minimum Gasteiger partial charge on any atom is -0.468 e. The van der Waals surface area contributed by atoms with E-state index in [9.17, 15) is 13.2 Å². The van der Waals surface area contributed by atoms with Crippen LogP contribution in [0.25, 0.3) is 16.7 Å². The van der Waals surface area contributed by atoms with Gasteiger partial charge in [0.05, 0.1) is 17.1 Å². The molecule has 0 saturated carbocycles. The van der Waals surface area contributed by atoms with Crippen molar-refractivity contribution in [3.8, 4) is 11.7 Å². The fraction of sp³-hybridized carbons (Fsp3) is 0.182. The van der Waals surface area contributed by atoms with Crippen molar-refractivity contribution in [1.29, 1.82) is 0 Å². The van der Waals surface area contributed by atoms with Crippen LogP contribution < -0.4 is 10.1 Å². The molecule has 5 rings (SSSR count). The van der Waals surface area contributed by atoms with E-state index in [-0.39, 0.29) is 34.2 Å². The number of halogens is 4. The van der Waals surface area contributed by atoms with E-state index in [4.69, 9.17) is 16.3 Å². The normalized spacial score (nSPS) is 12.5. The summed E-state index contributed by atoms with van der Waals surface area (Å²) in [6.45, 7) is 1.87. The second-order valence-corrected chi connectivity index (χ2v) is 8.09. The molecule has 0 bridgehead atoms. The zero-order valence-corrected chi connectivity index (χ0v) is 19.7. The van der Waals surface area contributed by atoms with Gasteiger partial charge in [0, 0.05) is 28.9 Å². The average Bonchev–Trinajstić information content (AvgIpc) is 3.38. The molecule has 5 aromatic rings. The minimum atomic E-state index is -4.64. The maximum Gasteiger partial charge on any atom is 0.418 e. The summed E-state index contributed by atoms with van der Waals surface area (Å²) >= 11 is 5.97. The highest BCUT2D eigenvalue weighted by atomic mass is 35.5. The lowest BCUT2D eigenvalue weighted by atomic mass is 10.1. The summed E-state index contributed by atoms with van der Waals surface area (Å²) in [7, 11) is 0. The third-order valence-corrected chi connectivity index (χ3v) is 5.35. The molecule has 0 saturated heterocycles. The van der Waals surface area contributed by atoms with Crippen molar-refractivity contribution in [2.45, 2.75) is 25.7 Å². The van der Waals surface area contributed by atoms with Crippen LogP contribution >= 0.6 is 11.6 Å². The van der Waals surface area contributed by atoms with Gasteiger partial charge in [0.1, 0.15) is 25.1 Å². The van der Waals surface area contributed by atoms with E-state index in [1.165, 1.54) is 17.1 Å². The van der Waals surface area contributed by atoms with E-state index in [0.29, 0.717) is 17.5 Å². The van der Waals surface area contributed by atoms with Crippen LogP contribution in [0.4, 0.5) is 19.0 Å². The van der Waals surface area contributed by atoms with Crippen molar-refractivity contribution in [2.24, 2.45) is 0 Å². The van der Waals surface area contributed by atoms with Gasteiger partial charge < -0.3 is 10.1 Å². The van der Waals surface area contributed by atoms with Crippen LogP contribution in [-0.4, -0.2) is 44.9 Å². The summed E-state index contributed by atoms with van der Waals surface area (Å²) in [5, 5.41) is 15.5. The lowest BCUT2D eigenvalue weighted by Gasteiger charge is -2.17. The summed E-state index contributed by atoms with van der Waals surface area (Å²) in [4.78, 5) is 20.4. The highest BCUT2D eigenvalue weighted by Gasteiger charge is 2.34. The topological polar surface area (TPSA) is 129 Å². The summed E-state index contributed by atoms with van der Waals surface area (Å²) in [6, 6.07) is 6.59. The summed E-state index contributed by atoms with van der Waals surface area (Å²) in [5.41, 5.74) is -1.22. The van der Waals surface area contributed by atoms with E-state index in [1.807, 2.05) is 0 Å². The third-order valence-electron chi connectivity index (χ3n) is 5.13. The number of nitrogens with zero attached hydrogens (tertiary/aromatic N) is 9. The number of nitrogens with one attached hydrogen (secondary N) is 1. The Morgan fingerprint density at radius 1 is 1.03 bits per heavy atom. The Kier molecular flexibility index (Phi) is 6.48. The molecule has 0 aliphatic heterocycles. The average molecular weight is 529 g/mol. The van der Waals surface area contributed by atoms with Gasteiger partial charge in [-0.25, -0.2) is 24.9 Å². The lowest BCUT2D eigenvalue weighted by Crippen LogP contribution is -2.16. The van der Waals surface area contributed by atoms with Crippen LogP contribution in [0.3, 0.4) is 0 Å². The second kappa shape index (κ2) is 9.89. The maximum absolute atomic E-state index is 13.5. The Hall–Kier alpha value is -4.46. The maximum atomic E-state index is 13.5. The van der Waals surface area contributed by atoms with Gasteiger partial charge in [-0.05, 0) is 31.2 Å². The van der Waals surface area contributed by atoms with Crippen molar-refractivity contribution >= 4 is 28.3 Å². The highest BCUT2D eigenvalue weighted by Crippen LogP contribution is 2.38. The number of hydrogen-bond acceptors (Lipinski definition) is 10. The molecule has 0 aliphatic rings. The van der Waals surface area contributed by atoms with E-state index < -0.39 is 17.8 Å². The number of hydrogen-bond donors (Lipinski definition) is 1. The van der Waals surface area contributed by atoms with Crippen LogP contribution in [0.2, 0.25) is 5.02 Å². The van der Waals surface area contributed by atoms with Gasteiger partial charge in [-0.2, -0.15) is 23.0 Å². The van der Waals surface area contributed by atoms with E-state index in [1.54, 1.807) is 37.5 Å². The molecule has 0 radical (unpaired) electrons. The predicted molar refractivity (Wildman–Crippen MR) is 125 cm³/mol. The lowest BCUT2D eigenvalue weighted by molar-refractivity contribution is -0.136. The number of alkyl halides is 3. The number of ether oxygens (including phenoxy) is 1. The molecule has 0 unspecified atom stereocenters. The zero-order valence-electron chi connectivity index (χ0n) is 18.9. The van der Waals surface area contributed by atoms with Crippen LogP contribution in [0.15, 0.2) is 55.4 Å². The van der Waals surface area contributed by atoms with E-state index in [2.05, 4.69) is 45.5 Å². The highest BCUT2D eigenvalue weighted by molar-refractivity contribution is 6.31. The van der Waals surface area contributed by atoms with Crippen LogP contribution in [-0.2, 0) is 12.8 Å². The van der Waals surface area contributed by atoms with Crippen molar-refractivity contribution in [3.63, 3.8) is 0 Å². The third kappa shape index (κ3) is 5.23. The molecule has 11 nitrogen and oxygen atoms in total. The summed E-state index contributed by atoms with van der Waals surface area (Å²) in [6.07, 6.45) is 0.953. The molecule has 188 valence electrons.